The number of carbonyl (C=O) groups is 3. The number of esters is 3. The van der Waals surface area contributed by atoms with Crippen LogP contribution in [0, 0.1) is 0 Å². The van der Waals surface area contributed by atoms with E-state index in [0.717, 1.165) is 5.57 Å². The Morgan fingerprint density at radius 3 is 1.61 bits per heavy atom. The molecule has 0 saturated carbocycles. The number of hydrogen-bond acceptors (Lipinski definition) is 9. The van der Waals surface area contributed by atoms with Crippen molar-refractivity contribution >= 4 is 17.9 Å². The Bertz CT molecular complexity index is 1480. The van der Waals surface area contributed by atoms with Gasteiger partial charge in [-0.25, -0.2) is 14.4 Å². The van der Waals surface area contributed by atoms with E-state index >= 15 is 0 Å². The molecule has 4 rings (SSSR count). The highest BCUT2D eigenvalue weighted by Crippen LogP contribution is 2.34. The van der Waals surface area contributed by atoms with Crippen molar-refractivity contribution in [1.29, 1.82) is 0 Å². The molecule has 1 fully saturated rings. The standard InChI is InChI=1S/C37H40O9/c1-5-37(4,23-15-16-25(2)3)46-36-32(45-35(41)28-21-13-8-14-22-28)31(44-34(40)27-19-11-7-12-20-27)30(29(24-38)42-36)43-33(39)26-17-9-6-10-18-26/h5-14,16-22,29-32,36,38H,1,15,23-24H2,2-4H3/t29-,30-,31+,32-,36+,37?/m1/s1. The normalized spacial score (nSPS) is 22.0. The Labute approximate surface area is 269 Å². The number of carbonyl (C=O) groups excluding carboxylic acids is 3. The molecule has 3 aromatic carbocycles. The maximum atomic E-state index is 13.5. The molecule has 1 aliphatic rings. The van der Waals surface area contributed by atoms with Crippen LogP contribution in [0.1, 0.15) is 64.7 Å². The van der Waals surface area contributed by atoms with Crippen molar-refractivity contribution in [2.24, 2.45) is 0 Å². The molecule has 1 N–H and O–H groups in total. The third kappa shape index (κ3) is 9.00. The highest BCUT2D eigenvalue weighted by Gasteiger charge is 2.54. The van der Waals surface area contributed by atoms with Crippen molar-refractivity contribution in [2.75, 3.05) is 6.61 Å². The first kappa shape index (κ1) is 34.3. The van der Waals surface area contributed by atoms with Gasteiger partial charge in [-0.05, 0) is 70.0 Å². The monoisotopic (exact) mass is 628 g/mol. The lowest BCUT2D eigenvalue weighted by molar-refractivity contribution is -0.317. The first-order chi connectivity index (χ1) is 22.1. The third-order valence-electron chi connectivity index (χ3n) is 7.54. The molecular weight excluding hydrogens is 588 g/mol. The van der Waals surface area contributed by atoms with Gasteiger partial charge in [0.2, 0.25) is 0 Å². The minimum absolute atomic E-state index is 0.214. The second-order valence-corrected chi connectivity index (χ2v) is 11.4. The average molecular weight is 629 g/mol. The van der Waals surface area contributed by atoms with E-state index < -0.39 is 60.8 Å². The van der Waals surface area contributed by atoms with E-state index in [1.807, 2.05) is 13.8 Å². The van der Waals surface area contributed by atoms with Crippen LogP contribution in [0.3, 0.4) is 0 Å². The lowest BCUT2D eigenvalue weighted by Crippen LogP contribution is -2.63. The molecule has 1 saturated heterocycles. The van der Waals surface area contributed by atoms with E-state index in [9.17, 15) is 19.5 Å². The summed E-state index contributed by atoms with van der Waals surface area (Å²) in [5.41, 5.74) is 0.807. The van der Waals surface area contributed by atoms with Gasteiger partial charge in [0, 0.05) is 0 Å². The highest BCUT2D eigenvalue weighted by molar-refractivity contribution is 5.91. The Morgan fingerprint density at radius 2 is 1.20 bits per heavy atom. The van der Waals surface area contributed by atoms with Gasteiger partial charge in [0.15, 0.2) is 24.6 Å². The maximum Gasteiger partial charge on any atom is 0.338 e. The summed E-state index contributed by atoms with van der Waals surface area (Å²) in [4.78, 5) is 40.3. The van der Waals surface area contributed by atoms with Gasteiger partial charge < -0.3 is 28.8 Å². The van der Waals surface area contributed by atoms with Crippen LogP contribution in [-0.2, 0) is 23.7 Å². The van der Waals surface area contributed by atoms with Gasteiger partial charge in [0.25, 0.3) is 0 Å². The average Bonchev–Trinajstić information content (AvgIpc) is 3.07. The van der Waals surface area contributed by atoms with Crippen LogP contribution < -0.4 is 0 Å². The third-order valence-corrected chi connectivity index (χ3v) is 7.54. The number of allylic oxidation sites excluding steroid dienone is 2. The molecule has 0 spiro atoms. The van der Waals surface area contributed by atoms with Crippen LogP contribution in [0.15, 0.2) is 115 Å². The number of ether oxygens (including phenoxy) is 5. The molecule has 242 valence electrons. The molecule has 6 atom stereocenters. The second kappa shape index (κ2) is 16.1. The van der Waals surface area contributed by atoms with Gasteiger partial charge in [-0.15, -0.1) is 6.58 Å². The zero-order valence-corrected chi connectivity index (χ0v) is 26.2. The number of hydrogen-bond donors (Lipinski definition) is 1. The first-order valence-corrected chi connectivity index (χ1v) is 15.1. The molecule has 9 nitrogen and oxygen atoms in total. The van der Waals surface area contributed by atoms with Crippen molar-refractivity contribution in [3.05, 3.63) is 132 Å². The largest absolute Gasteiger partial charge is 0.452 e. The Hall–Kier alpha value is -4.57. The molecule has 0 amide bonds. The van der Waals surface area contributed by atoms with Crippen LogP contribution in [0.2, 0.25) is 0 Å². The molecule has 9 heteroatoms. The zero-order chi connectivity index (χ0) is 33.1. The Morgan fingerprint density at radius 1 is 0.761 bits per heavy atom. The smallest absolute Gasteiger partial charge is 0.338 e. The highest BCUT2D eigenvalue weighted by atomic mass is 16.7. The van der Waals surface area contributed by atoms with Gasteiger partial charge in [-0.1, -0.05) is 72.3 Å². The van der Waals surface area contributed by atoms with Crippen molar-refractivity contribution in [1.82, 2.24) is 0 Å². The quantitative estimate of drug-likeness (QED) is 0.136. The predicted molar refractivity (Wildman–Crippen MR) is 171 cm³/mol. The van der Waals surface area contributed by atoms with Crippen LogP contribution >= 0.6 is 0 Å². The topological polar surface area (TPSA) is 118 Å². The summed E-state index contributed by atoms with van der Waals surface area (Å²) in [6.07, 6.45) is -2.03. The first-order valence-electron chi connectivity index (χ1n) is 15.1. The number of aliphatic hydroxyl groups excluding tert-OH is 1. The minimum atomic E-state index is -1.45. The van der Waals surface area contributed by atoms with Crippen molar-refractivity contribution in [3.8, 4) is 0 Å². The van der Waals surface area contributed by atoms with E-state index in [2.05, 4.69) is 12.7 Å². The molecular formula is C37H40O9. The molecule has 0 aromatic heterocycles. The van der Waals surface area contributed by atoms with Gasteiger partial charge in [0.1, 0.15) is 6.10 Å². The Kier molecular flexibility index (Phi) is 12.0. The maximum absolute atomic E-state index is 13.5. The van der Waals surface area contributed by atoms with Gasteiger partial charge in [-0.2, -0.15) is 0 Å². The predicted octanol–water partition coefficient (Wildman–Crippen LogP) is 6.09. The van der Waals surface area contributed by atoms with Crippen molar-refractivity contribution < 1.29 is 43.2 Å². The number of benzene rings is 3. The number of rotatable bonds is 13. The van der Waals surface area contributed by atoms with Gasteiger partial charge >= 0.3 is 17.9 Å². The zero-order valence-electron chi connectivity index (χ0n) is 26.2. The fourth-order valence-electron chi connectivity index (χ4n) is 4.94. The summed E-state index contributed by atoms with van der Waals surface area (Å²) in [5.74, 6) is -2.26. The van der Waals surface area contributed by atoms with Crippen LogP contribution in [0.25, 0.3) is 0 Å². The number of aliphatic hydroxyl groups is 1. The molecule has 0 bridgehead atoms. The van der Waals surface area contributed by atoms with Crippen molar-refractivity contribution in [2.45, 2.75) is 69.9 Å². The lowest BCUT2D eigenvalue weighted by Gasteiger charge is -2.46. The molecule has 1 aliphatic heterocycles. The molecule has 0 aliphatic carbocycles. The molecule has 46 heavy (non-hydrogen) atoms. The van der Waals surface area contributed by atoms with Crippen LogP contribution in [-0.4, -0.2) is 65.9 Å². The summed E-state index contributed by atoms with van der Waals surface area (Å²) < 4.78 is 30.5. The summed E-state index contributed by atoms with van der Waals surface area (Å²) >= 11 is 0. The SMILES string of the molecule is C=CC(C)(CCC=C(C)C)O[C@@H]1O[C@H](CO)[C@@H](OC(=O)c2ccccc2)[C@H](OC(=O)c2ccccc2)[C@H]1OC(=O)c1ccccc1. The fraction of sp³-hybridized carbons (Fsp3) is 0.324. The van der Waals surface area contributed by atoms with Gasteiger partial charge in [-0.3, -0.25) is 0 Å². The van der Waals surface area contributed by atoms with E-state index in [-0.39, 0.29) is 16.7 Å². The molecule has 1 unspecified atom stereocenters. The lowest BCUT2D eigenvalue weighted by atomic mass is 9.95. The van der Waals surface area contributed by atoms with Crippen LogP contribution in [0.5, 0.6) is 0 Å². The van der Waals surface area contributed by atoms with E-state index in [0.29, 0.717) is 12.8 Å². The summed E-state index contributed by atoms with van der Waals surface area (Å²) in [7, 11) is 0. The second-order valence-electron chi connectivity index (χ2n) is 11.4. The van der Waals surface area contributed by atoms with Gasteiger partial charge in [0.05, 0.1) is 28.9 Å². The van der Waals surface area contributed by atoms with Crippen molar-refractivity contribution in [3.63, 3.8) is 0 Å². The fourth-order valence-corrected chi connectivity index (χ4v) is 4.94. The summed E-state index contributed by atoms with van der Waals surface area (Å²) in [5, 5.41) is 10.5. The summed E-state index contributed by atoms with van der Waals surface area (Å²) in [6, 6.07) is 24.7. The molecule has 1 heterocycles. The van der Waals surface area contributed by atoms with E-state index in [1.165, 1.54) is 0 Å². The summed E-state index contributed by atoms with van der Waals surface area (Å²) in [6.45, 7) is 9.10. The van der Waals surface area contributed by atoms with E-state index in [4.69, 9.17) is 23.7 Å². The Balaban J connectivity index is 1.76. The minimum Gasteiger partial charge on any atom is -0.452 e. The molecule has 3 aromatic rings. The van der Waals surface area contributed by atoms with Crippen LogP contribution in [0.4, 0.5) is 0 Å². The molecule has 0 radical (unpaired) electrons. The van der Waals surface area contributed by atoms with E-state index in [1.54, 1.807) is 104 Å².